The summed E-state index contributed by atoms with van der Waals surface area (Å²) >= 11 is 0. The van der Waals surface area contributed by atoms with Crippen LogP contribution in [0.25, 0.3) is 5.57 Å². The predicted molar refractivity (Wildman–Crippen MR) is 153 cm³/mol. The van der Waals surface area contributed by atoms with Crippen LogP contribution >= 0.6 is 0 Å². The molecule has 4 rings (SSSR count). The molecule has 2 aliphatic rings. The molecule has 40 heavy (non-hydrogen) atoms. The third kappa shape index (κ3) is 6.55. The normalized spacial score (nSPS) is 19.2. The molecule has 0 saturated carbocycles. The van der Waals surface area contributed by atoms with Crippen molar-refractivity contribution in [2.75, 3.05) is 30.3 Å². The quantitative estimate of drug-likeness (QED) is 0.547. The lowest BCUT2D eigenvalue weighted by Gasteiger charge is -2.34. The highest BCUT2D eigenvalue weighted by Gasteiger charge is 2.39. The Labute approximate surface area is 235 Å². The van der Waals surface area contributed by atoms with E-state index >= 15 is 0 Å². The van der Waals surface area contributed by atoms with Crippen molar-refractivity contribution in [1.29, 1.82) is 0 Å². The van der Waals surface area contributed by atoms with Gasteiger partial charge < -0.3 is 20.3 Å². The Kier molecular flexibility index (Phi) is 7.85. The second-order valence-electron chi connectivity index (χ2n) is 12.0. The first-order valence-electron chi connectivity index (χ1n) is 13.3. The number of rotatable bonds is 5. The van der Waals surface area contributed by atoms with E-state index in [9.17, 15) is 18.0 Å². The van der Waals surface area contributed by atoms with Crippen molar-refractivity contribution in [3.63, 3.8) is 0 Å². The van der Waals surface area contributed by atoms with Crippen LogP contribution in [0.2, 0.25) is 0 Å². The Morgan fingerprint density at radius 2 is 1.88 bits per heavy atom. The lowest BCUT2D eigenvalue weighted by molar-refractivity contribution is 0.0270. The first kappa shape index (κ1) is 29.3. The number of carbonyl (C=O) groups is 2. The molecule has 0 bridgehead atoms. The molecule has 0 spiro atoms. The van der Waals surface area contributed by atoms with E-state index in [1.807, 2.05) is 26.8 Å². The third-order valence-corrected chi connectivity index (χ3v) is 8.12. The van der Waals surface area contributed by atoms with E-state index in [2.05, 4.69) is 35.4 Å². The molecule has 0 aliphatic carbocycles. The van der Waals surface area contributed by atoms with Crippen molar-refractivity contribution >= 4 is 39.2 Å². The predicted octanol–water partition coefficient (Wildman–Crippen LogP) is 3.83. The summed E-state index contributed by atoms with van der Waals surface area (Å²) in [5.74, 6) is -0.00777. The molecule has 0 aromatic carbocycles. The summed E-state index contributed by atoms with van der Waals surface area (Å²) in [5.41, 5.74) is 6.52. The van der Waals surface area contributed by atoms with E-state index in [4.69, 9.17) is 15.5 Å². The van der Waals surface area contributed by atoms with E-state index < -0.39 is 21.5 Å². The number of nitrogens with one attached hydrogen (secondary N) is 1. The number of carbonyl (C=O) groups excluding carboxylic acids is 2. The average molecular weight is 571 g/mol. The number of anilines is 2. The number of nitrogen functional groups attached to an aromatic ring is 1. The maximum Gasteiger partial charge on any atom is 0.410 e. The Morgan fingerprint density at radius 1 is 1.15 bits per heavy atom. The molecule has 1 unspecified atom stereocenters. The van der Waals surface area contributed by atoms with Crippen LogP contribution in [0.5, 0.6) is 0 Å². The lowest BCUT2D eigenvalue weighted by atomic mass is 9.97. The fourth-order valence-electron chi connectivity index (χ4n) is 5.17. The molecule has 4 heterocycles. The molecule has 2 aromatic rings. The molecule has 0 radical (unpaired) electrons. The van der Waals surface area contributed by atoms with Gasteiger partial charge in [-0.1, -0.05) is 19.1 Å². The number of ether oxygens (including phenoxy) is 1. The van der Waals surface area contributed by atoms with Gasteiger partial charge in [0.25, 0.3) is 15.9 Å². The van der Waals surface area contributed by atoms with Gasteiger partial charge in [-0.2, -0.15) is 8.42 Å². The fraction of sp³-hybridized carbons (Fsp3) is 0.500. The van der Waals surface area contributed by atoms with Crippen LogP contribution in [0.15, 0.2) is 41.4 Å². The molecule has 1 fully saturated rings. The minimum atomic E-state index is -4.27. The SMILES string of the molecule is CC1CN(c2nc(C3=CCN(C(=O)OC(C)(C)C)CC3)ccc2C(=O)NS(=O)(=O)c2cccc(N)n2)C(C)(C)C1. The lowest BCUT2D eigenvalue weighted by Crippen LogP contribution is -2.41. The fourth-order valence-corrected chi connectivity index (χ4v) is 6.12. The summed E-state index contributed by atoms with van der Waals surface area (Å²) in [6, 6.07) is 7.51. The van der Waals surface area contributed by atoms with Crippen LogP contribution in [0.4, 0.5) is 16.4 Å². The zero-order chi connectivity index (χ0) is 29.5. The van der Waals surface area contributed by atoms with Gasteiger partial charge >= 0.3 is 6.09 Å². The summed E-state index contributed by atoms with van der Waals surface area (Å²) in [4.78, 5) is 38.4. The number of nitrogens with two attached hydrogens (primary N) is 1. The second-order valence-corrected chi connectivity index (χ2v) is 13.7. The number of hydrogen-bond acceptors (Lipinski definition) is 9. The van der Waals surface area contributed by atoms with Crippen molar-refractivity contribution in [3.05, 3.63) is 47.7 Å². The Balaban J connectivity index is 1.66. The number of amides is 2. The standard InChI is InChI=1S/C28H38N6O5S/c1-18-16-28(5,6)34(17-18)24-20(25(35)32-40(37,38)23-9-7-8-22(29)31-23)10-11-21(30-24)19-12-14-33(15-13-19)26(36)39-27(2,3)4/h7-12,18H,13-17H2,1-6H3,(H2,29,31)(H,32,35). The zero-order valence-corrected chi connectivity index (χ0v) is 24.7. The molecule has 1 saturated heterocycles. The Hall–Kier alpha value is -3.67. The van der Waals surface area contributed by atoms with Crippen LogP contribution in [-0.2, 0) is 14.8 Å². The Morgan fingerprint density at radius 3 is 2.45 bits per heavy atom. The van der Waals surface area contributed by atoms with Crippen molar-refractivity contribution in [2.24, 2.45) is 5.92 Å². The number of pyridine rings is 2. The van der Waals surface area contributed by atoms with Crippen molar-refractivity contribution in [1.82, 2.24) is 19.6 Å². The van der Waals surface area contributed by atoms with E-state index in [1.165, 1.54) is 18.2 Å². The van der Waals surface area contributed by atoms with Crippen molar-refractivity contribution in [2.45, 2.75) is 70.6 Å². The molecule has 2 amide bonds. The van der Waals surface area contributed by atoms with Crippen molar-refractivity contribution < 1.29 is 22.7 Å². The maximum atomic E-state index is 13.4. The molecule has 1 atom stereocenters. The zero-order valence-electron chi connectivity index (χ0n) is 23.9. The molecular weight excluding hydrogens is 532 g/mol. The first-order chi connectivity index (χ1) is 18.6. The average Bonchev–Trinajstić information content (AvgIpc) is 3.14. The van der Waals surface area contributed by atoms with Gasteiger partial charge in [-0.15, -0.1) is 0 Å². The maximum absolute atomic E-state index is 13.4. The summed E-state index contributed by atoms with van der Waals surface area (Å²) in [6.07, 6.45) is 3.02. The molecule has 11 nitrogen and oxygen atoms in total. The van der Waals surface area contributed by atoms with Gasteiger partial charge in [-0.3, -0.25) is 4.79 Å². The highest BCUT2D eigenvalue weighted by Crippen LogP contribution is 2.38. The number of aromatic nitrogens is 2. The van der Waals surface area contributed by atoms with Gasteiger partial charge in [-0.25, -0.2) is 19.5 Å². The Bertz CT molecular complexity index is 1450. The molecule has 12 heteroatoms. The van der Waals surface area contributed by atoms with Gasteiger partial charge in [0.05, 0.1) is 11.3 Å². The van der Waals surface area contributed by atoms with Gasteiger partial charge in [0.1, 0.15) is 17.2 Å². The summed E-state index contributed by atoms with van der Waals surface area (Å²) in [6.45, 7) is 13.3. The molecule has 2 aromatic heterocycles. The summed E-state index contributed by atoms with van der Waals surface area (Å²) in [5, 5.41) is -0.344. The second kappa shape index (κ2) is 10.7. The summed E-state index contributed by atoms with van der Waals surface area (Å²) < 4.78 is 33.5. The highest BCUT2D eigenvalue weighted by molar-refractivity contribution is 7.90. The van der Waals surface area contributed by atoms with E-state index in [0.717, 1.165) is 12.0 Å². The topological polar surface area (TPSA) is 148 Å². The van der Waals surface area contributed by atoms with Gasteiger partial charge in [0, 0.05) is 25.2 Å². The van der Waals surface area contributed by atoms with Crippen LogP contribution < -0.4 is 15.4 Å². The first-order valence-corrected chi connectivity index (χ1v) is 14.8. The minimum Gasteiger partial charge on any atom is -0.444 e. The highest BCUT2D eigenvalue weighted by atomic mass is 32.2. The molecule has 216 valence electrons. The number of hydrogen-bond donors (Lipinski definition) is 2. The molecule has 3 N–H and O–H groups in total. The van der Waals surface area contributed by atoms with Crippen LogP contribution in [0.1, 0.15) is 70.4 Å². The van der Waals surface area contributed by atoms with Crippen molar-refractivity contribution in [3.8, 4) is 0 Å². The van der Waals surface area contributed by atoms with Gasteiger partial charge in [0.2, 0.25) is 0 Å². The summed E-state index contributed by atoms with van der Waals surface area (Å²) in [7, 11) is -4.27. The van der Waals surface area contributed by atoms with Crippen LogP contribution in [0.3, 0.4) is 0 Å². The van der Waals surface area contributed by atoms with Crippen LogP contribution in [-0.4, -0.2) is 66.1 Å². The molecule has 2 aliphatic heterocycles. The van der Waals surface area contributed by atoms with E-state index in [0.29, 0.717) is 43.5 Å². The largest absolute Gasteiger partial charge is 0.444 e. The van der Waals surface area contributed by atoms with Gasteiger partial charge in [-0.05, 0) is 83.2 Å². The smallest absolute Gasteiger partial charge is 0.410 e. The van der Waals surface area contributed by atoms with Crippen LogP contribution in [0, 0.1) is 5.92 Å². The number of nitrogens with zero attached hydrogens (tertiary/aromatic N) is 4. The van der Waals surface area contributed by atoms with E-state index in [1.54, 1.807) is 17.0 Å². The minimum absolute atomic E-state index is 0.0285. The monoisotopic (exact) mass is 570 g/mol. The molecular formula is C28H38N6O5S. The third-order valence-electron chi connectivity index (χ3n) is 6.89. The van der Waals surface area contributed by atoms with Gasteiger partial charge in [0.15, 0.2) is 5.03 Å². The van der Waals surface area contributed by atoms with E-state index in [-0.39, 0.29) is 28.0 Å². The number of sulfonamides is 1.